The summed E-state index contributed by atoms with van der Waals surface area (Å²) < 4.78 is 35.1. The number of likely N-dealkylation sites (N-methyl/N-ethyl adjacent to an activating group) is 2. The van der Waals surface area contributed by atoms with Crippen molar-refractivity contribution in [2.45, 2.75) is 25.3 Å². The van der Waals surface area contributed by atoms with Crippen LogP contribution < -0.4 is 18.9 Å². The van der Waals surface area contributed by atoms with Crippen molar-refractivity contribution in [3.05, 3.63) is 107 Å². The molecular weight excluding hydrogens is 636 g/mol. The Labute approximate surface area is 292 Å². The standard InChI is InChI=1S/C40H42N2O8/c1-41-23-21-25-15-17-31(47-5)37(27-11-7-9-13-29(27)45-3)35(25)39(41)49-33(43)19-20-34(44)50-40-36-26(22-24-42(40)2)16-18-32(48-6)38(36)28-12-8-10-14-30(28)46-4/h7-20,39-40H,21-24H2,1-6H3/b20-19-. The van der Waals surface area contributed by atoms with Crippen LogP contribution in [0.3, 0.4) is 0 Å². The van der Waals surface area contributed by atoms with E-state index in [1.807, 2.05) is 96.7 Å². The number of carbonyl (C=O) groups is 2. The summed E-state index contributed by atoms with van der Waals surface area (Å²) in [5, 5.41) is 0. The van der Waals surface area contributed by atoms with Crippen LogP contribution in [0.1, 0.15) is 34.7 Å². The molecule has 10 nitrogen and oxygen atoms in total. The largest absolute Gasteiger partial charge is 0.496 e. The molecule has 10 heteroatoms. The van der Waals surface area contributed by atoms with Crippen molar-refractivity contribution < 1.29 is 38.0 Å². The number of nitrogens with zero attached hydrogens (tertiary/aromatic N) is 2. The number of methoxy groups -OCH3 is 4. The molecule has 260 valence electrons. The van der Waals surface area contributed by atoms with Crippen LogP contribution in [0.25, 0.3) is 22.3 Å². The zero-order chi connectivity index (χ0) is 35.4. The topological polar surface area (TPSA) is 96.0 Å². The maximum atomic E-state index is 13.4. The molecule has 0 spiro atoms. The van der Waals surface area contributed by atoms with E-state index in [1.165, 1.54) is 0 Å². The van der Waals surface area contributed by atoms with Gasteiger partial charge in [-0.05, 0) is 62.3 Å². The van der Waals surface area contributed by atoms with Gasteiger partial charge in [0.1, 0.15) is 23.0 Å². The zero-order valence-electron chi connectivity index (χ0n) is 29.2. The van der Waals surface area contributed by atoms with Crippen LogP contribution in [0, 0.1) is 0 Å². The van der Waals surface area contributed by atoms with E-state index in [0.29, 0.717) is 36.1 Å². The average Bonchev–Trinajstić information content (AvgIpc) is 3.15. The van der Waals surface area contributed by atoms with Crippen LogP contribution in [-0.4, -0.2) is 77.4 Å². The molecule has 2 heterocycles. The second kappa shape index (κ2) is 15.1. The molecule has 0 bridgehead atoms. The number of rotatable bonds is 10. The predicted octanol–water partition coefficient (Wildman–Crippen LogP) is 6.37. The normalized spacial score (nSPS) is 17.4. The highest BCUT2D eigenvalue weighted by Gasteiger charge is 2.35. The fourth-order valence-electron chi connectivity index (χ4n) is 6.89. The van der Waals surface area contributed by atoms with Gasteiger partial charge in [0.15, 0.2) is 12.5 Å². The van der Waals surface area contributed by atoms with E-state index in [1.54, 1.807) is 28.4 Å². The number of benzene rings is 4. The van der Waals surface area contributed by atoms with Crippen LogP contribution in [-0.2, 0) is 31.9 Å². The van der Waals surface area contributed by atoms with E-state index < -0.39 is 24.4 Å². The number of hydrogen-bond acceptors (Lipinski definition) is 10. The second-order valence-electron chi connectivity index (χ2n) is 12.2. The summed E-state index contributed by atoms with van der Waals surface area (Å²) in [5.74, 6) is 1.22. The zero-order valence-corrected chi connectivity index (χ0v) is 29.2. The highest BCUT2D eigenvalue weighted by Crippen LogP contribution is 2.47. The van der Waals surface area contributed by atoms with Gasteiger partial charge >= 0.3 is 11.9 Å². The molecule has 0 saturated heterocycles. The Morgan fingerprint density at radius 2 is 0.940 bits per heavy atom. The Morgan fingerprint density at radius 1 is 0.560 bits per heavy atom. The number of esters is 2. The van der Waals surface area contributed by atoms with Crippen LogP contribution in [0.15, 0.2) is 84.9 Å². The summed E-state index contributed by atoms with van der Waals surface area (Å²) in [4.78, 5) is 30.7. The molecule has 0 N–H and O–H groups in total. The smallest absolute Gasteiger partial charge is 0.332 e. The third-order valence-electron chi connectivity index (χ3n) is 9.36. The molecule has 0 aromatic heterocycles. The fourth-order valence-corrected chi connectivity index (χ4v) is 6.89. The molecule has 0 aliphatic carbocycles. The van der Waals surface area contributed by atoms with Gasteiger partial charge in [-0.2, -0.15) is 0 Å². The summed E-state index contributed by atoms with van der Waals surface area (Å²) in [7, 11) is 10.3. The molecule has 2 atom stereocenters. The van der Waals surface area contributed by atoms with E-state index in [2.05, 4.69) is 0 Å². The molecule has 6 rings (SSSR count). The van der Waals surface area contributed by atoms with E-state index in [9.17, 15) is 9.59 Å². The Morgan fingerprint density at radius 3 is 1.32 bits per heavy atom. The van der Waals surface area contributed by atoms with E-state index in [0.717, 1.165) is 69.5 Å². The Balaban J connectivity index is 1.28. The van der Waals surface area contributed by atoms with E-state index in [4.69, 9.17) is 28.4 Å². The van der Waals surface area contributed by atoms with Crippen LogP contribution in [0.4, 0.5) is 0 Å². The van der Waals surface area contributed by atoms with Crippen LogP contribution >= 0.6 is 0 Å². The van der Waals surface area contributed by atoms with E-state index >= 15 is 0 Å². The van der Waals surface area contributed by atoms with Gasteiger partial charge in [-0.15, -0.1) is 0 Å². The minimum atomic E-state index is -0.742. The lowest BCUT2D eigenvalue weighted by Gasteiger charge is -2.36. The summed E-state index contributed by atoms with van der Waals surface area (Å²) >= 11 is 0. The third kappa shape index (κ3) is 6.64. The number of ether oxygens (including phenoxy) is 6. The second-order valence-corrected chi connectivity index (χ2v) is 12.2. The molecule has 0 amide bonds. The minimum absolute atomic E-state index is 0.629. The molecule has 0 saturated carbocycles. The third-order valence-corrected chi connectivity index (χ3v) is 9.36. The van der Waals surface area contributed by atoms with Gasteiger partial charge in [-0.3, -0.25) is 9.80 Å². The van der Waals surface area contributed by atoms with Gasteiger partial charge in [0.25, 0.3) is 0 Å². The maximum Gasteiger partial charge on any atom is 0.332 e. The van der Waals surface area contributed by atoms with Gasteiger partial charge < -0.3 is 28.4 Å². The number of fused-ring (bicyclic) bond motifs is 2. The first-order chi connectivity index (χ1) is 24.3. The van der Waals surface area contributed by atoms with Crippen molar-refractivity contribution in [2.75, 3.05) is 55.6 Å². The molecule has 0 fully saturated rings. The van der Waals surface area contributed by atoms with Crippen LogP contribution in [0.5, 0.6) is 23.0 Å². The van der Waals surface area contributed by atoms with Crippen molar-refractivity contribution in [2.24, 2.45) is 0 Å². The first kappa shape index (κ1) is 34.5. The van der Waals surface area contributed by atoms with Crippen molar-refractivity contribution >= 4 is 11.9 Å². The van der Waals surface area contributed by atoms with Gasteiger partial charge in [0, 0.05) is 58.6 Å². The van der Waals surface area contributed by atoms with Gasteiger partial charge in [-0.1, -0.05) is 48.5 Å². The fraction of sp³-hybridized carbons (Fsp3) is 0.300. The lowest BCUT2D eigenvalue weighted by Crippen LogP contribution is -2.36. The first-order valence-corrected chi connectivity index (χ1v) is 16.5. The molecule has 2 unspecified atom stereocenters. The van der Waals surface area contributed by atoms with Crippen molar-refractivity contribution in [1.29, 1.82) is 0 Å². The summed E-state index contributed by atoms with van der Waals surface area (Å²) in [5.41, 5.74) is 6.90. The molecule has 4 aromatic rings. The molecule has 4 aromatic carbocycles. The van der Waals surface area contributed by atoms with Gasteiger partial charge in [0.05, 0.1) is 28.4 Å². The number of hydrogen-bond donors (Lipinski definition) is 0. The van der Waals surface area contributed by atoms with Crippen molar-refractivity contribution in [3.8, 4) is 45.3 Å². The maximum absolute atomic E-state index is 13.4. The number of carbonyl (C=O) groups excluding carboxylic acids is 2. The summed E-state index contributed by atoms with van der Waals surface area (Å²) in [6, 6.07) is 23.2. The van der Waals surface area contributed by atoms with Crippen molar-refractivity contribution in [3.63, 3.8) is 0 Å². The lowest BCUT2D eigenvalue weighted by molar-refractivity contribution is -0.156. The minimum Gasteiger partial charge on any atom is -0.496 e. The molecule has 2 aliphatic heterocycles. The Hall–Kier alpha value is -5.32. The van der Waals surface area contributed by atoms with Crippen LogP contribution in [0.2, 0.25) is 0 Å². The summed E-state index contributed by atoms with van der Waals surface area (Å²) in [6.07, 6.45) is 2.26. The summed E-state index contributed by atoms with van der Waals surface area (Å²) in [6.45, 7) is 1.33. The Bertz CT molecular complexity index is 1780. The number of para-hydroxylation sites is 2. The van der Waals surface area contributed by atoms with Gasteiger partial charge in [-0.25, -0.2) is 9.59 Å². The average molecular weight is 679 g/mol. The molecule has 2 aliphatic rings. The SMILES string of the molecule is COc1ccccc1-c1c(OC)ccc2c1C(OC(=O)/C=C\C(=O)OC1c3c(ccc(OC)c3-c3ccccc3OC)CCN1C)N(C)CC2. The molecule has 50 heavy (non-hydrogen) atoms. The highest BCUT2D eigenvalue weighted by atomic mass is 16.6. The predicted molar refractivity (Wildman–Crippen MR) is 189 cm³/mol. The van der Waals surface area contributed by atoms with Crippen molar-refractivity contribution in [1.82, 2.24) is 9.80 Å². The lowest BCUT2D eigenvalue weighted by atomic mass is 9.88. The quantitative estimate of drug-likeness (QED) is 0.139. The van der Waals surface area contributed by atoms with Gasteiger partial charge in [0.2, 0.25) is 0 Å². The molecular formula is C40H42N2O8. The first-order valence-electron chi connectivity index (χ1n) is 16.5. The van der Waals surface area contributed by atoms with E-state index in [-0.39, 0.29) is 0 Å². The highest BCUT2D eigenvalue weighted by molar-refractivity contribution is 5.92. The molecule has 0 radical (unpaired) electrons. The Kier molecular flexibility index (Phi) is 10.4. The monoisotopic (exact) mass is 678 g/mol.